The molecule has 0 atom stereocenters. The van der Waals surface area contributed by atoms with Crippen LogP contribution in [0.3, 0.4) is 0 Å². The van der Waals surface area contributed by atoms with Crippen molar-refractivity contribution in [1.29, 1.82) is 0 Å². The highest BCUT2D eigenvalue weighted by Crippen LogP contribution is 2.25. The van der Waals surface area contributed by atoms with E-state index < -0.39 is 17.2 Å². The van der Waals surface area contributed by atoms with Gasteiger partial charge in [-0.2, -0.15) is 0 Å². The number of methoxy groups -OCH3 is 1. The van der Waals surface area contributed by atoms with Crippen LogP contribution in [-0.2, 0) is 21.4 Å². The van der Waals surface area contributed by atoms with Crippen molar-refractivity contribution < 1.29 is 23.8 Å². The van der Waals surface area contributed by atoms with Gasteiger partial charge in [0.1, 0.15) is 0 Å². The summed E-state index contributed by atoms with van der Waals surface area (Å²) in [7, 11) is 1.38. The number of ether oxygens (including phenoxy) is 1. The van der Waals surface area contributed by atoms with Crippen LogP contribution in [0.15, 0.2) is 42.5 Å². The molecule has 0 aromatic heterocycles. The number of amides is 1. The molecule has 0 unspecified atom stereocenters. The maximum Gasteiger partial charge on any atom is 0.313 e. The van der Waals surface area contributed by atoms with Crippen molar-refractivity contribution in [2.45, 2.75) is 25.7 Å². The van der Waals surface area contributed by atoms with Gasteiger partial charge >= 0.3 is 5.97 Å². The molecule has 0 aliphatic carbocycles. The van der Waals surface area contributed by atoms with Crippen LogP contribution in [0.1, 0.15) is 25.0 Å². The van der Waals surface area contributed by atoms with E-state index in [4.69, 9.17) is 4.74 Å². The lowest BCUT2D eigenvalue weighted by atomic mass is 9.85. The van der Waals surface area contributed by atoms with Gasteiger partial charge in [-0.1, -0.05) is 18.2 Å². The molecule has 25 heavy (non-hydrogen) atoms. The van der Waals surface area contributed by atoms with Crippen LogP contribution in [0.2, 0.25) is 0 Å². The molecule has 2 N–H and O–H groups in total. The molecule has 2 rings (SSSR count). The number of aliphatic carboxylic acids is 1. The lowest BCUT2D eigenvalue weighted by molar-refractivity contribution is -0.142. The van der Waals surface area contributed by atoms with E-state index >= 15 is 0 Å². The quantitative estimate of drug-likeness (QED) is 0.842. The minimum absolute atomic E-state index is 0.0171. The van der Waals surface area contributed by atoms with Gasteiger partial charge < -0.3 is 15.2 Å². The SMILES string of the molecule is COc1ccc(CC(=O)Nc2ccc(C(C)(C)C(=O)O)cc2)cc1F. The number of carbonyl (C=O) groups is 2. The molecule has 2 aromatic carbocycles. The zero-order chi connectivity index (χ0) is 18.6. The number of hydrogen-bond donors (Lipinski definition) is 2. The van der Waals surface area contributed by atoms with Crippen LogP contribution in [0.25, 0.3) is 0 Å². The van der Waals surface area contributed by atoms with Crippen molar-refractivity contribution in [3.8, 4) is 5.75 Å². The van der Waals surface area contributed by atoms with E-state index in [-0.39, 0.29) is 18.1 Å². The maximum atomic E-state index is 13.6. The molecule has 5 nitrogen and oxygen atoms in total. The molecule has 0 radical (unpaired) electrons. The summed E-state index contributed by atoms with van der Waals surface area (Å²) in [5.74, 6) is -1.62. The molecule has 0 aliphatic rings. The predicted octanol–water partition coefficient (Wildman–Crippen LogP) is 3.38. The molecule has 0 saturated carbocycles. The van der Waals surface area contributed by atoms with Gasteiger partial charge in [-0.05, 0) is 49.2 Å². The first kappa shape index (κ1) is 18.4. The van der Waals surface area contributed by atoms with Crippen molar-refractivity contribution in [1.82, 2.24) is 0 Å². The molecule has 132 valence electrons. The molecule has 0 fully saturated rings. The molecule has 0 bridgehead atoms. The Bertz CT molecular complexity index is 785. The molecule has 2 aromatic rings. The van der Waals surface area contributed by atoms with Gasteiger partial charge in [0.25, 0.3) is 0 Å². The van der Waals surface area contributed by atoms with Crippen molar-refractivity contribution in [2.75, 3.05) is 12.4 Å². The Morgan fingerprint density at radius 2 is 1.80 bits per heavy atom. The lowest BCUT2D eigenvalue weighted by Crippen LogP contribution is -2.28. The van der Waals surface area contributed by atoms with E-state index in [0.717, 1.165) is 0 Å². The van der Waals surface area contributed by atoms with E-state index in [0.29, 0.717) is 16.8 Å². The average molecular weight is 345 g/mol. The van der Waals surface area contributed by atoms with Crippen molar-refractivity contribution >= 4 is 17.6 Å². The van der Waals surface area contributed by atoms with E-state index in [2.05, 4.69) is 5.32 Å². The second-order valence-electron chi connectivity index (χ2n) is 6.20. The largest absolute Gasteiger partial charge is 0.494 e. The third-order valence-corrected chi connectivity index (χ3v) is 4.01. The number of anilines is 1. The van der Waals surface area contributed by atoms with Crippen molar-refractivity contribution in [3.05, 3.63) is 59.4 Å². The Kier molecular flexibility index (Phi) is 5.41. The molecular weight excluding hydrogens is 325 g/mol. The summed E-state index contributed by atoms with van der Waals surface area (Å²) in [6.07, 6.45) is 0.0171. The van der Waals surface area contributed by atoms with E-state index in [9.17, 15) is 19.1 Å². The third-order valence-electron chi connectivity index (χ3n) is 4.01. The molecule has 0 saturated heterocycles. The second kappa shape index (κ2) is 7.34. The Labute approximate surface area is 145 Å². The van der Waals surface area contributed by atoms with Crippen LogP contribution in [0.4, 0.5) is 10.1 Å². The number of halogens is 1. The molecule has 6 heteroatoms. The van der Waals surface area contributed by atoms with Gasteiger partial charge in [0, 0.05) is 5.69 Å². The first-order valence-corrected chi connectivity index (χ1v) is 7.70. The molecule has 0 aliphatic heterocycles. The fourth-order valence-corrected chi connectivity index (χ4v) is 2.30. The molecule has 0 heterocycles. The smallest absolute Gasteiger partial charge is 0.313 e. The Morgan fingerprint density at radius 1 is 1.16 bits per heavy atom. The van der Waals surface area contributed by atoms with Crippen LogP contribution in [0, 0.1) is 5.82 Å². The zero-order valence-corrected chi connectivity index (χ0v) is 14.3. The van der Waals surface area contributed by atoms with Crippen LogP contribution >= 0.6 is 0 Å². The lowest BCUT2D eigenvalue weighted by Gasteiger charge is -2.19. The average Bonchev–Trinajstić information content (AvgIpc) is 2.55. The van der Waals surface area contributed by atoms with E-state index in [1.54, 1.807) is 44.2 Å². The predicted molar refractivity (Wildman–Crippen MR) is 92.4 cm³/mol. The van der Waals surface area contributed by atoms with Crippen molar-refractivity contribution in [3.63, 3.8) is 0 Å². The number of carboxylic acids is 1. The number of benzene rings is 2. The highest BCUT2D eigenvalue weighted by Gasteiger charge is 2.29. The normalized spacial score (nSPS) is 11.0. The summed E-state index contributed by atoms with van der Waals surface area (Å²) < 4.78 is 18.5. The van der Waals surface area contributed by atoms with Crippen LogP contribution in [0.5, 0.6) is 5.75 Å². The molecular formula is C19H20FNO4. The first-order chi connectivity index (χ1) is 11.7. The molecule has 0 spiro atoms. The number of carboxylic acid groups (broad SMARTS) is 1. The van der Waals surface area contributed by atoms with Gasteiger partial charge in [0.2, 0.25) is 5.91 Å². The Balaban J connectivity index is 2.03. The number of hydrogen-bond acceptors (Lipinski definition) is 3. The summed E-state index contributed by atoms with van der Waals surface area (Å²) in [5, 5.41) is 11.9. The summed E-state index contributed by atoms with van der Waals surface area (Å²) >= 11 is 0. The van der Waals surface area contributed by atoms with Crippen LogP contribution in [-0.4, -0.2) is 24.1 Å². The number of carbonyl (C=O) groups excluding carboxylic acids is 1. The molecule has 1 amide bonds. The summed E-state index contributed by atoms with van der Waals surface area (Å²) in [5.41, 5.74) is 0.696. The minimum Gasteiger partial charge on any atom is -0.494 e. The van der Waals surface area contributed by atoms with Crippen molar-refractivity contribution in [2.24, 2.45) is 0 Å². The van der Waals surface area contributed by atoms with Gasteiger partial charge in [-0.3, -0.25) is 9.59 Å². The highest BCUT2D eigenvalue weighted by molar-refractivity contribution is 5.92. The third kappa shape index (κ3) is 4.35. The van der Waals surface area contributed by atoms with Gasteiger partial charge in [-0.15, -0.1) is 0 Å². The monoisotopic (exact) mass is 345 g/mol. The standard InChI is InChI=1S/C19H20FNO4/c1-19(2,18(23)24)13-5-7-14(8-6-13)21-17(22)11-12-4-9-16(25-3)15(20)10-12/h4-10H,11H2,1-3H3,(H,21,22)(H,23,24). The van der Waals surface area contributed by atoms with E-state index in [1.165, 1.54) is 19.2 Å². The topological polar surface area (TPSA) is 75.6 Å². The van der Waals surface area contributed by atoms with Gasteiger partial charge in [0.15, 0.2) is 11.6 Å². The highest BCUT2D eigenvalue weighted by atomic mass is 19.1. The summed E-state index contributed by atoms with van der Waals surface area (Å²) in [6.45, 7) is 3.22. The fraction of sp³-hybridized carbons (Fsp3) is 0.263. The fourth-order valence-electron chi connectivity index (χ4n) is 2.30. The zero-order valence-electron chi connectivity index (χ0n) is 14.3. The Morgan fingerprint density at radius 3 is 2.32 bits per heavy atom. The van der Waals surface area contributed by atoms with Crippen LogP contribution < -0.4 is 10.1 Å². The first-order valence-electron chi connectivity index (χ1n) is 7.70. The van der Waals surface area contributed by atoms with Gasteiger partial charge in [-0.25, -0.2) is 4.39 Å². The van der Waals surface area contributed by atoms with Gasteiger partial charge in [0.05, 0.1) is 18.9 Å². The number of rotatable bonds is 6. The minimum atomic E-state index is -1.01. The summed E-state index contributed by atoms with van der Waals surface area (Å²) in [4.78, 5) is 23.3. The van der Waals surface area contributed by atoms with E-state index in [1.807, 2.05) is 0 Å². The summed E-state index contributed by atoms with van der Waals surface area (Å²) in [6, 6.07) is 11.0. The Hall–Kier alpha value is -2.89. The maximum absolute atomic E-state index is 13.6. The number of nitrogens with one attached hydrogen (secondary N) is 1. The second-order valence-corrected chi connectivity index (χ2v) is 6.20.